The van der Waals surface area contributed by atoms with Crippen LogP contribution in [0.5, 0.6) is 0 Å². The number of amides is 1. The molecule has 27 heavy (non-hydrogen) atoms. The van der Waals surface area contributed by atoms with E-state index in [1.807, 2.05) is 0 Å². The van der Waals surface area contributed by atoms with E-state index in [2.05, 4.69) is 22.0 Å². The number of likely N-dealkylation sites (tertiary alicyclic amines) is 1. The average Bonchev–Trinajstić information content (AvgIpc) is 3.30. The van der Waals surface area contributed by atoms with Crippen LogP contribution in [0.3, 0.4) is 0 Å². The van der Waals surface area contributed by atoms with Crippen LogP contribution in [0.25, 0.3) is 0 Å². The van der Waals surface area contributed by atoms with Gasteiger partial charge in [-0.3, -0.25) is 4.79 Å². The van der Waals surface area contributed by atoms with Gasteiger partial charge in [0.2, 0.25) is 0 Å². The van der Waals surface area contributed by atoms with Crippen molar-refractivity contribution in [1.29, 1.82) is 0 Å². The number of benzene rings is 1. The summed E-state index contributed by atoms with van der Waals surface area (Å²) >= 11 is 12.2. The number of hydrogen-bond acceptors (Lipinski definition) is 2. The van der Waals surface area contributed by atoms with Crippen molar-refractivity contribution in [2.75, 3.05) is 32.7 Å². The minimum atomic E-state index is 0.0809. The second-order valence-electron chi connectivity index (χ2n) is 8.32. The third-order valence-electron chi connectivity index (χ3n) is 6.46. The number of carbonyl (C=O) groups is 1. The predicted molar refractivity (Wildman–Crippen MR) is 112 cm³/mol. The molecular weight excluding hydrogens is 379 g/mol. The molecule has 1 aromatic rings. The molecule has 5 heteroatoms. The zero-order valence-electron chi connectivity index (χ0n) is 15.7. The van der Waals surface area contributed by atoms with Crippen molar-refractivity contribution in [2.24, 2.45) is 17.8 Å². The molecule has 3 aliphatic rings. The first-order chi connectivity index (χ1) is 13.1. The van der Waals surface area contributed by atoms with Crippen LogP contribution < -0.4 is 0 Å². The van der Waals surface area contributed by atoms with Gasteiger partial charge in [-0.05, 0) is 74.7 Å². The molecule has 2 bridgehead atoms. The molecule has 1 heterocycles. The topological polar surface area (TPSA) is 23.6 Å². The smallest absolute Gasteiger partial charge is 0.253 e. The van der Waals surface area contributed by atoms with Crippen LogP contribution in [0.15, 0.2) is 30.4 Å². The molecule has 1 amide bonds. The normalized spacial score (nSPS) is 27.3. The summed E-state index contributed by atoms with van der Waals surface area (Å²) in [5.41, 5.74) is 0.641. The number of hydrogen-bond donors (Lipinski definition) is 0. The number of halogens is 2. The number of piperidine rings is 1. The molecule has 2 fully saturated rings. The molecule has 1 saturated heterocycles. The highest BCUT2D eigenvalue weighted by Crippen LogP contribution is 2.43. The average molecular weight is 407 g/mol. The Balaban J connectivity index is 1.46. The summed E-state index contributed by atoms with van der Waals surface area (Å²) in [7, 11) is 0. The van der Waals surface area contributed by atoms with Gasteiger partial charge in [0.25, 0.3) is 5.91 Å². The first-order valence-electron chi connectivity index (χ1n) is 10.2. The fraction of sp³-hybridized carbons (Fsp3) is 0.591. The van der Waals surface area contributed by atoms with Crippen LogP contribution in [0.4, 0.5) is 0 Å². The van der Waals surface area contributed by atoms with Gasteiger partial charge in [0.05, 0.1) is 10.0 Å². The van der Waals surface area contributed by atoms with Crippen molar-refractivity contribution in [3.8, 4) is 0 Å². The minimum absolute atomic E-state index is 0.0809. The SMILES string of the molecule is O=C(c1ccc(Cl)c(Cl)c1)N(CCN1CCCCC1)CC1CC2C=CC1C2. The first-order valence-corrected chi connectivity index (χ1v) is 11.0. The van der Waals surface area contributed by atoms with Gasteiger partial charge in [-0.2, -0.15) is 0 Å². The molecule has 3 atom stereocenters. The van der Waals surface area contributed by atoms with E-state index in [9.17, 15) is 4.79 Å². The van der Waals surface area contributed by atoms with Crippen LogP contribution in [0, 0.1) is 17.8 Å². The van der Waals surface area contributed by atoms with E-state index < -0.39 is 0 Å². The number of fused-ring (bicyclic) bond motifs is 2. The Labute approximate surface area is 172 Å². The molecular formula is C22H28Cl2N2O. The van der Waals surface area contributed by atoms with E-state index in [1.165, 1.54) is 32.1 Å². The van der Waals surface area contributed by atoms with Crippen LogP contribution >= 0.6 is 23.2 Å². The maximum Gasteiger partial charge on any atom is 0.253 e. The van der Waals surface area contributed by atoms with Crippen LogP contribution in [0.1, 0.15) is 42.5 Å². The molecule has 1 saturated carbocycles. The highest BCUT2D eigenvalue weighted by molar-refractivity contribution is 6.42. The fourth-order valence-corrected chi connectivity index (χ4v) is 5.22. The quantitative estimate of drug-likeness (QED) is 0.610. The lowest BCUT2D eigenvalue weighted by Crippen LogP contribution is -2.43. The van der Waals surface area contributed by atoms with E-state index >= 15 is 0 Å². The van der Waals surface area contributed by atoms with E-state index in [-0.39, 0.29) is 5.91 Å². The van der Waals surface area contributed by atoms with Gasteiger partial charge in [0, 0.05) is 25.2 Å². The number of carbonyl (C=O) groups excluding carboxylic acids is 1. The molecule has 0 N–H and O–H groups in total. The second kappa shape index (κ2) is 8.55. The molecule has 3 unspecified atom stereocenters. The van der Waals surface area contributed by atoms with Gasteiger partial charge >= 0.3 is 0 Å². The summed E-state index contributed by atoms with van der Waals surface area (Å²) in [5.74, 6) is 2.04. The molecule has 3 nitrogen and oxygen atoms in total. The van der Waals surface area contributed by atoms with Crippen LogP contribution in [0.2, 0.25) is 10.0 Å². The molecule has 1 aromatic carbocycles. The van der Waals surface area contributed by atoms with Crippen molar-refractivity contribution in [1.82, 2.24) is 9.80 Å². The van der Waals surface area contributed by atoms with E-state index in [0.717, 1.165) is 38.6 Å². The molecule has 0 aromatic heterocycles. The van der Waals surface area contributed by atoms with E-state index in [1.54, 1.807) is 18.2 Å². The summed E-state index contributed by atoms with van der Waals surface area (Å²) < 4.78 is 0. The zero-order valence-corrected chi connectivity index (χ0v) is 17.3. The molecule has 0 spiro atoms. The number of nitrogens with zero attached hydrogens (tertiary/aromatic N) is 2. The van der Waals surface area contributed by atoms with Crippen LogP contribution in [-0.4, -0.2) is 48.4 Å². The first kappa shape index (κ1) is 19.3. The Kier molecular flexibility index (Phi) is 6.11. The lowest BCUT2D eigenvalue weighted by molar-refractivity contribution is 0.0689. The summed E-state index contributed by atoms with van der Waals surface area (Å²) in [6.07, 6.45) is 11.1. The largest absolute Gasteiger partial charge is 0.337 e. The lowest BCUT2D eigenvalue weighted by atomic mass is 9.93. The Hall–Kier alpha value is -1.03. The monoisotopic (exact) mass is 406 g/mol. The Bertz CT molecular complexity index is 714. The molecule has 146 valence electrons. The summed E-state index contributed by atoms with van der Waals surface area (Å²) in [4.78, 5) is 17.8. The Morgan fingerprint density at radius 1 is 1.07 bits per heavy atom. The Morgan fingerprint density at radius 3 is 2.56 bits per heavy atom. The predicted octanol–water partition coefficient (Wildman–Crippen LogP) is 5.13. The summed E-state index contributed by atoms with van der Waals surface area (Å²) in [5, 5.41) is 0.938. The van der Waals surface area contributed by atoms with Gasteiger partial charge in [0.15, 0.2) is 0 Å². The number of rotatable bonds is 6. The van der Waals surface area contributed by atoms with Gasteiger partial charge < -0.3 is 9.80 Å². The van der Waals surface area contributed by atoms with Gasteiger partial charge in [-0.25, -0.2) is 0 Å². The maximum absolute atomic E-state index is 13.3. The van der Waals surface area contributed by atoms with Crippen molar-refractivity contribution in [3.63, 3.8) is 0 Å². The van der Waals surface area contributed by atoms with Gasteiger partial charge in [-0.1, -0.05) is 41.8 Å². The summed E-state index contributed by atoms with van der Waals surface area (Å²) in [6, 6.07) is 5.23. The lowest BCUT2D eigenvalue weighted by Gasteiger charge is -2.32. The van der Waals surface area contributed by atoms with Crippen molar-refractivity contribution in [3.05, 3.63) is 46.0 Å². The summed E-state index contributed by atoms with van der Waals surface area (Å²) in [6.45, 7) is 4.91. The number of allylic oxidation sites excluding steroid dienone is 2. The maximum atomic E-state index is 13.3. The van der Waals surface area contributed by atoms with Crippen molar-refractivity contribution in [2.45, 2.75) is 32.1 Å². The van der Waals surface area contributed by atoms with Gasteiger partial charge in [0.1, 0.15) is 0 Å². The third kappa shape index (κ3) is 4.52. The van der Waals surface area contributed by atoms with Gasteiger partial charge in [-0.15, -0.1) is 0 Å². The zero-order chi connectivity index (χ0) is 18.8. The Morgan fingerprint density at radius 2 is 1.89 bits per heavy atom. The fourth-order valence-electron chi connectivity index (χ4n) is 4.92. The highest BCUT2D eigenvalue weighted by atomic mass is 35.5. The molecule has 2 aliphatic carbocycles. The van der Waals surface area contributed by atoms with Crippen molar-refractivity contribution < 1.29 is 4.79 Å². The highest BCUT2D eigenvalue weighted by Gasteiger charge is 2.37. The standard InChI is InChI=1S/C22H28Cl2N2O/c23-20-7-6-18(14-21(20)24)22(27)26(11-10-25-8-2-1-3-9-25)15-19-13-16-4-5-17(19)12-16/h4-7,14,16-17,19H,1-3,8-13,15H2. The molecule has 0 radical (unpaired) electrons. The van der Waals surface area contributed by atoms with E-state index in [0.29, 0.717) is 27.4 Å². The van der Waals surface area contributed by atoms with Crippen molar-refractivity contribution >= 4 is 29.1 Å². The second-order valence-corrected chi connectivity index (χ2v) is 9.14. The minimum Gasteiger partial charge on any atom is -0.337 e. The van der Waals surface area contributed by atoms with E-state index in [4.69, 9.17) is 23.2 Å². The third-order valence-corrected chi connectivity index (χ3v) is 7.20. The van der Waals surface area contributed by atoms with Crippen LogP contribution in [-0.2, 0) is 0 Å². The molecule has 4 rings (SSSR count). The molecule has 1 aliphatic heterocycles.